The van der Waals surface area contributed by atoms with Crippen molar-refractivity contribution in [1.82, 2.24) is 5.32 Å². The minimum atomic E-state index is -0.209. The lowest BCUT2D eigenvalue weighted by atomic mass is 9.93. The van der Waals surface area contributed by atoms with Gasteiger partial charge in [-0.25, -0.2) is 0 Å². The molecule has 0 aromatic heterocycles. The van der Waals surface area contributed by atoms with Crippen LogP contribution in [0.2, 0.25) is 0 Å². The van der Waals surface area contributed by atoms with Crippen LogP contribution >= 0.6 is 0 Å². The molecule has 4 heteroatoms. The van der Waals surface area contributed by atoms with Crippen molar-refractivity contribution in [3.63, 3.8) is 0 Å². The SMILES string of the molecule is N#CCc1ccccc1CC(=O)NC1CCC(O)CC1. The first-order chi connectivity index (χ1) is 9.69. The van der Waals surface area contributed by atoms with Crippen molar-refractivity contribution >= 4 is 5.91 Å². The van der Waals surface area contributed by atoms with E-state index in [9.17, 15) is 9.90 Å². The molecule has 0 unspecified atom stereocenters. The molecule has 1 fully saturated rings. The number of amides is 1. The molecule has 0 radical (unpaired) electrons. The predicted molar refractivity (Wildman–Crippen MR) is 75.9 cm³/mol. The van der Waals surface area contributed by atoms with Gasteiger partial charge >= 0.3 is 0 Å². The zero-order valence-corrected chi connectivity index (χ0v) is 11.5. The van der Waals surface area contributed by atoms with Gasteiger partial charge in [-0.1, -0.05) is 24.3 Å². The lowest BCUT2D eigenvalue weighted by molar-refractivity contribution is -0.121. The van der Waals surface area contributed by atoms with E-state index in [4.69, 9.17) is 5.26 Å². The van der Waals surface area contributed by atoms with E-state index in [-0.39, 0.29) is 18.1 Å². The number of carbonyl (C=O) groups excluding carboxylic acids is 1. The number of aliphatic hydroxyl groups is 1. The molecule has 2 rings (SSSR count). The number of nitrogens with zero attached hydrogens (tertiary/aromatic N) is 1. The van der Waals surface area contributed by atoms with Gasteiger partial charge in [0.25, 0.3) is 0 Å². The summed E-state index contributed by atoms with van der Waals surface area (Å²) in [5.74, 6) is -0.00298. The maximum absolute atomic E-state index is 12.1. The zero-order chi connectivity index (χ0) is 14.4. The first-order valence-corrected chi connectivity index (χ1v) is 7.10. The highest BCUT2D eigenvalue weighted by atomic mass is 16.3. The molecule has 4 nitrogen and oxygen atoms in total. The smallest absolute Gasteiger partial charge is 0.224 e. The van der Waals surface area contributed by atoms with E-state index < -0.39 is 0 Å². The van der Waals surface area contributed by atoms with E-state index in [0.717, 1.165) is 36.8 Å². The van der Waals surface area contributed by atoms with Crippen LogP contribution in [0.25, 0.3) is 0 Å². The molecular formula is C16H20N2O2. The minimum Gasteiger partial charge on any atom is -0.393 e. The fraction of sp³-hybridized carbons (Fsp3) is 0.500. The highest BCUT2D eigenvalue weighted by Crippen LogP contribution is 2.18. The molecular weight excluding hydrogens is 252 g/mol. The number of hydrogen-bond donors (Lipinski definition) is 2. The van der Waals surface area contributed by atoms with Crippen LogP contribution in [0.15, 0.2) is 24.3 Å². The largest absolute Gasteiger partial charge is 0.393 e. The van der Waals surface area contributed by atoms with Gasteiger partial charge in [0.2, 0.25) is 5.91 Å². The van der Waals surface area contributed by atoms with Crippen molar-refractivity contribution in [3.05, 3.63) is 35.4 Å². The Morgan fingerprint density at radius 3 is 2.55 bits per heavy atom. The van der Waals surface area contributed by atoms with Gasteiger partial charge in [-0.2, -0.15) is 5.26 Å². The van der Waals surface area contributed by atoms with Crippen LogP contribution < -0.4 is 5.32 Å². The molecule has 0 saturated heterocycles. The Morgan fingerprint density at radius 1 is 1.25 bits per heavy atom. The van der Waals surface area contributed by atoms with Gasteiger partial charge < -0.3 is 10.4 Å². The Hall–Kier alpha value is -1.86. The predicted octanol–water partition coefficient (Wildman–Crippen LogP) is 1.71. The van der Waals surface area contributed by atoms with E-state index in [1.165, 1.54) is 0 Å². The summed E-state index contributed by atoms with van der Waals surface area (Å²) < 4.78 is 0. The van der Waals surface area contributed by atoms with Gasteiger partial charge in [0, 0.05) is 6.04 Å². The maximum Gasteiger partial charge on any atom is 0.224 e. The summed E-state index contributed by atoms with van der Waals surface area (Å²) in [6.45, 7) is 0. The normalized spacial score (nSPS) is 22.0. The molecule has 0 heterocycles. The highest BCUT2D eigenvalue weighted by Gasteiger charge is 2.20. The van der Waals surface area contributed by atoms with Crippen LogP contribution in [-0.4, -0.2) is 23.2 Å². The van der Waals surface area contributed by atoms with Crippen LogP contribution in [0.5, 0.6) is 0 Å². The van der Waals surface area contributed by atoms with Crippen molar-refractivity contribution in [2.75, 3.05) is 0 Å². The lowest BCUT2D eigenvalue weighted by Gasteiger charge is -2.26. The van der Waals surface area contributed by atoms with E-state index in [2.05, 4.69) is 11.4 Å². The highest BCUT2D eigenvalue weighted by molar-refractivity contribution is 5.79. The molecule has 1 aromatic carbocycles. The summed E-state index contributed by atoms with van der Waals surface area (Å²) in [5, 5.41) is 21.3. The average molecular weight is 272 g/mol. The van der Waals surface area contributed by atoms with Crippen molar-refractivity contribution < 1.29 is 9.90 Å². The summed E-state index contributed by atoms with van der Waals surface area (Å²) in [7, 11) is 0. The molecule has 0 atom stereocenters. The molecule has 1 saturated carbocycles. The van der Waals surface area contributed by atoms with Gasteiger partial charge in [0.15, 0.2) is 0 Å². The summed E-state index contributed by atoms with van der Waals surface area (Å²) >= 11 is 0. The fourth-order valence-corrected chi connectivity index (χ4v) is 2.66. The van der Waals surface area contributed by atoms with E-state index in [0.29, 0.717) is 12.8 Å². The first kappa shape index (κ1) is 14.5. The van der Waals surface area contributed by atoms with Crippen molar-refractivity contribution in [1.29, 1.82) is 5.26 Å². The standard InChI is InChI=1S/C16H20N2O2/c17-10-9-12-3-1-2-4-13(12)11-16(20)18-14-5-7-15(19)8-6-14/h1-4,14-15,19H,5-9,11H2,(H,18,20). The molecule has 1 amide bonds. The lowest BCUT2D eigenvalue weighted by Crippen LogP contribution is -2.39. The van der Waals surface area contributed by atoms with Crippen LogP contribution in [0, 0.1) is 11.3 Å². The van der Waals surface area contributed by atoms with Gasteiger partial charge in [-0.3, -0.25) is 4.79 Å². The van der Waals surface area contributed by atoms with E-state index in [1.54, 1.807) is 0 Å². The number of carbonyl (C=O) groups is 1. The summed E-state index contributed by atoms with van der Waals surface area (Å²) in [5.41, 5.74) is 1.84. The summed E-state index contributed by atoms with van der Waals surface area (Å²) in [4.78, 5) is 12.1. The molecule has 0 bridgehead atoms. The molecule has 1 aliphatic rings. The number of rotatable bonds is 4. The second-order valence-corrected chi connectivity index (χ2v) is 5.35. The Kier molecular flexibility index (Phi) is 5.14. The first-order valence-electron chi connectivity index (χ1n) is 7.10. The molecule has 106 valence electrons. The molecule has 2 N–H and O–H groups in total. The Bertz CT molecular complexity index is 499. The number of nitriles is 1. The van der Waals surface area contributed by atoms with Gasteiger partial charge in [0.05, 0.1) is 25.0 Å². The van der Waals surface area contributed by atoms with Gasteiger partial charge in [0.1, 0.15) is 0 Å². The van der Waals surface area contributed by atoms with Crippen molar-refractivity contribution in [3.8, 4) is 6.07 Å². The number of benzene rings is 1. The Morgan fingerprint density at radius 2 is 1.90 bits per heavy atom. The molecule has 1 aromatic rings. The molecule has 20 heavy (non-hydrogen) atoms. The third-order valence-corrected chi connectivity index (χ3v) is 3.80. The average Bonchev–Trinajstić information content (AvgIpc) is 2.44. The summed E-state index contributed by atoms with van der Waals surface area (Å²) in [6, 6.07) is 9.87. The van der Waals surface area contributed by atoms with Crippen LogP contribution in [0.4, 0.5) is 0 Å². The quantitative estimate of drug-likeness (QED) is 0.876. The molecule has 0 spiro atoms. The molecule has 1 aliphatic carbocycles. The third kappa shape index (κ3) is 4.07. The second kappa shape index (κ2) is 7.06. The zero-order valence-electron chi connectivity index (χ0n) is 11.5. The number of hydrogen-bond acceptors (Lipinski definition) is 3. The minimum absolute atomic E-state index is 0.00298. The fourth-order valence-electron chi connectivity index (χ4n) is 2.66. The topological polar surface area (TPSA) is 73.1 Å². The molecule has 0 aliphatic heterocycles. The Labute approximate surface area is 119 Å². The number of aliphatic hydroxyl groups excluding tert-OH is 1. The van der Waals surface area contributed by atoms with Crippen LogP contribution in [0.3, 0.4) is 0 Å². The van der Waals surface area contributed by atoms with Gasteiger partial charge in [-0.05, 0) is 36.8 Å². The van der Waals surface area contributed by atoms with E-state index >= 15 is 0 Å². The van der Waals surface area contributed by atoms with E-state index in [1.807, 2.05) is 24.3 Å². The van der Waals surface area contributed by atoms with Crippen LogP contribution in [-0.2, 0) is 17.6 Å². The summed E-state index contributed by atoms with van der Waals surface area (Å²) in [6.07, 6.45) is 3.64. The van der Waals surface area contributed by atoms with Gasteiger partial charge in [-0.15, -0.1) is 0 Å². The number of nitrogens with one attached hydrogen (secondary N) is 1. The maximum atomic E-state index is 12.1. The Balaban J connectivity index is 1.90. The monoisotopic (exact) mass is 272 g/mol. The van der Waals surface area contributed by atoms with Crippen LogP contribution in [0.1, 0.15) is 36.8 Å². The van der Waals surface area contributed by atoms with Crippen molar-refractivity contribution in [2.24, 2.45) is 0 Å². The third-order valence-electron chi connectivity index (χ3n) is 3.80. The van der Waals surface area contributed by atoms with Crippen molar-refractivity contribution in [2.45, 2.75) is 50.7 Å². The second-order valence-electron chi connectivity index (χ2n) is 5.35.